The Morgan fingerprint density at radius 1 is 1.08 bits per heavy atom. The lowest BCUT2D eigenvalue weighted by Crippen LogP contribution is -2.44. The molecule has 1 aromatic heterocycles. The SMILES string of the molecule is O=C(O)C[C@H]1CC[C@@H](CNC(=O)c2cnc(C3CC3)nc2)N1CC1CC1. The van der Waals surface area contributed by atoms with Crippen molar-refractivity contribution in [3.05, 3.63) is 23.8 Å². The van der Waals surface area contributed by atoms with E-state index in [0.29, 0.717) is 23.9 Å². The maximum atomic E-state index is 12.4. The summed E-state index contributed by atoms with van der Waals surface area (Å²) in [6.45, 7) is 1.50. The Hall–Kier alpha value is -2.02. The zero-order valence-electron chi connectivity index (χ0n) is 14.9. The van der Waals surface area contributed by atoms with E-state index >= 15 is 0 Å². The lowest BCUT2D eigenvalue weighted by atomic mass is 10.1. The minimum absolute atomic E-state index is 0.0937. The van der Waals surface area contributed by atoms with Crippen molar-refractivity contribution in [1.29, 1.82) is 0 Å². The number of nitrogens with one attached hydrogen (secondary N) is 1. The molecule has 1 aromatic rings. The standard InChI is InChI=1S/C19H26N4O3/c24-17(25)7-15-5-6-16(23(15)11-12-1-2-12)10-22-19(26)14-8-20-18(21-9-14)13-3-4-13/h8-9,12-13,15-16H,1-7,10-11H2,(H,22,26)(H,24,25)/t15-,16+/m1/s1. The van der Waals surface area contributed by atoms with Gasteiger partial charge in [-0.1, -0.05) is 0 Å². The van der Waals surface area contributed by atoms with Gasteiger partial charge in [0.05, 0.1) is 12.0 Å². The smallest absolute Gasteiger partial charge is 0.304 e. The van der Waals surface area contributed by atoms with Gasteiger partial charge in [0.1, 0.15) is 5.82 Å². The Morgan fingerprint density at radius 3 is 2.38 bits per heavy atom. The molecule has 26 heavy (non-hydrogen) atoms. The highest BCUT2D eigenvalue weighted by molar-refractivity contribution is 5.93. The third kappa shape index (κ3) is 4.20. The predicted molar refractivity (Wildman–Crippen MR) is 94.8 cm³/mol. The third-order valence-electron chi connectivity index (χ3n) is 5.72. The molecule has 2 atom stereocenters. The number of carbonyl (C=O) groups excluding carboxylic acids is 1. The van der Waals surface area contributed by atoms with Crippen molar-refractivity contribution in [2.24, 2.45) is 5.92 Å². The summed E-state index contributed by atoms with van der Waals surface area (Å²) in [7, 11) is 0. The highest BCUT2D eigenvalue weighted by atomic mass is 16.4. The number of amides is 1. The number of carbonyl (C=O) groups is 2. The molecular formula is C19H26N4O3. The highest BCUT2D eigenvalue weighted by Gasteiger charge is 2.38. The topological polar surface area (TPSA) is 95.4 Å². The Morgan fingerprint density at radius 2 is 1.77 bits per heavy atom. The summed E-state index contributed by atoms with van der Waals surface area (Å²) in [5.41, 5.74) is 0.489. The highest BCUT2D eigenvalue weighted by Crippen LogP contribution is 2.37. The van der Waals surface area contributed by atoms with Crippen molar-refractivity contribution < 1.29 is 14.7 Å². The van der Waals surface area contributed by atoms with Gasteiger partial charge in [-0.2, -0.15) is 0 Å². The monoisotopic (exact) mass is 358 g/mol. The van der Waals surface area contributed by atoms with Crippen LogP contribution in [0.1, 0.15) is 67.0 Å². The molecule has 2 saturated carbocycles. The molecular weight excluding hydrogens is 332 g/mol. The summed E-state index contributed by atoms with van der Waals surface area (Å²) >= 11 is 0. The summed E-state index contributed by atoms with van der Waals surface area (Å²) in [6, 6.07) is 0.312. The number of carboxylic acids is 1. The average Bonchev–Trinajstić information content (AvgIpc) is 3.53. The summed E-state index contributed by atoms with van der Waals surface area (Å²) < 4.78 is 0. The van der Waals surface area contributed by atoms with Crippen molar-refractivity contribution >= 4 is 11.9 Å². The largest absolute Gasteiger partial charge is 0.481 e. The number of hydrogen-bond donors (Lipinski definition) is 2. The molecule has 1 saturated heterocycles. The molecule has 7 nitrogen and oxygen atoms in total. The maximum absolute atomic E-state index is 12.4. The zero-order chi connectivity index (χ0) is 18.1. The molecule has 2 aliphatic carbocycles. The van der Waals surface area contributed by atoms with Crippen molar-refractivity contribution in [3.8, 4) is 0 Å². The average molecular weight is 358 g/mol. The Kier molecular flexibility index (Phi) is 4.89. The molecule has 3 aliphatic rings. The van der Waals surface area contributed by atoms with Gasteiger partial charge < -0.3 is 10.4 Å². The quantitative estimate of drug-likeness (QED) is 0.736. The van der Waals surface area contributed by atoms with E-state index in [1.54, 1.807) is 12.4 Å². The van der Waals surface area contributed by atoms with Crippen LogP contribution in [0.25, 0.3) is 0 Å². The van der Waals surface area contributed by atoms with Crippen LogP contribution in [-0.4, -0.2) is 57.0 Å². The first-order valence-electron chi connectivity index (χ1n) is 9.68. The first kappa shape index (κ1) is 17.4. The van der Waals surface area contributed by atoms with Crippen molar-refractivity contribution in [1.82, 2.24) is 20.2 Å². The molecule has 0 unspecified atom stereocenters. The van der Waals surface area contributed by atoms with Gasteiger partial charge in [-0.05, 0) is 44.4 Å². The van der Waals surface area contributed by atoms with Crippen LogP contribution in [0.2, 0.25) is 0 Å². The van der Waals surface area contributed by atoms with Crippen molar-refractivity contribution in [3.63, 3.8) is 0 Å². The lowest BCUT2D eigenvalue weighted by molar-refractivity contribution is -0.138. The van der Waals surface area contributed by atoms with E-state index in [-0.39, 0.29) is 24.4 Å². The fourth-order valence-electron chi connectivity index (χ4n) is 3.87. The van der Waals surface area contributed by atoms with Gasteiger partial charge in [0.2, 0.25) is 0 Å². The van der Waals surface area contributed by atoms with Crippen LogP contribution >= 0.6 is 0 Å². The number of likely N-dealkylation sites (tertiary alicyclic amines) is 1. The molecule has 0 spiro atoms. The van der Waals surface area contributed by atoms with Gasteiger partial charge in [-0.3, -0.25) is 14.5 Å². The van der Waals surface area contributed by atoms with Crippen molar-refractivity contribution in [2.75, 3.05) is 13.1 Å². The van der Waals surface area contributed by atoms with E-state index in [1.807, 2.05) is 0 Å². The molecule has 7 heteroatoms. The molecule has 2 N–H and O–H groups in total. The second-order valence-corrected chi connectivity index (χ2v) is 7.94. The molecule has 1 aliphatic heterocycles. The number of nitrogens with zero attached hydrogens (tertiary/aromatic N) is 3. The van der Waals surface area contributed by atoms with E-state index in [2.05, 4.69) is 20.2 Å². The second kappa shape index (κ2) is 7.31. The number of hydrogen-bond acceptors (Lipinski definition) is 5. The van der Waals surface area contributed by atoms with Gasteiger partial charge in [0.25, 0.3) is 5.91 Å². The van der Waals surface area contributed by atoms with E-state index in [4.69, 9.17) is 5.11 Å². The predicted octanol–water partition coefficient (Wildman–Crippen LogP) is 1.80. The van der Waals surface area contributed by atoms with E-state index in [1.165, 1.54) is 12.8 Å². The van der Waals surface area contributed by atoms with Gasteiger partial charge in [0, 0.05) is 43.5 Å². The molecule has 3 fully saturated rings. The summed E-state index contributed by atoms with van der Waals surface area (Å²) in [5, 5.41) is 12.1. The van der Waals surface area contributed by atoms with E-state index in [9.17, 15) is 9.59 Å². The molecule has 0 bridgehead atoms. The normalized spacial score (nSPS) is 26.0. The Balaban J connectivity index is 1.33. The number of aliphatic carboxylic acids is 1. The van der Waals surface area contributed by atoms with Crippen molar-refractivity contribution in [2.45, 2.75) is 62.9 Å². The first-order valence-corrected chi connectivity index (χ1v) is 9.68. The van der Waals surface area contributed by atoms with Crippen LogP contribution in [-0.2, 0) is 4.79 Å². The molecule has 1 amide bonds. The molecule has 0 radical (unpaired) electrons. The summed E-state index contributed by atoms with van der Waals surface area (Å²) in [4.78, 5) is 34.4. The fourth-order valence-corrected chi connectivity index (χ4v) is 3.87. The van der Waals surface area contributed by atoms with E-state index in [0.717, 1.165) is 38.1 Å². The minimum atomic E-state index is -0.742. The van der Waals surface area contributed by atoms with Crippen LogP contribution in [0, 0.1) is 5.92 Å². The number of carboxylic acid groups (broad SMARTS) is 1. The maximum Gasteiger partial charge on any atom is 0.304 e. The van der Waals surface area contributed by atoms with E-state index < -0.39 is 5.97 Å². The Labute approximate surface area is 153 Å². The molecule has 4 rings (SSSR count). The van der Waals surface area contributed by atoms with Crippen LogP contribution in [0.15, 0.2) is 12.4 Å². The first-order chi connectivity index (χ1) is 12.6. The summed E-state index contributed by atoms with van der Waals surface area (Å²) in [5.74, 6) is 1.12. The van der Waals surface area contributed by atoms with Crippen LogP contribution in [0.5, 0.6) is 0 Å². The van der Waals surface area contributed by atoms with Gasteiger partial charge in [-0.25, -0.2) is 9.97 Å². The summed E-state index contributed by atoms with van der Waals surface area (Å²) in [6.07, 6.45) is 9.98. The molecule has 0 aromatic carbocycles. The lowest BCUT2D eigenvalue weighted by Gasteiger charge is -2.29. The number of aromatic nitrogens is 2. The number of rotatable bonds is 8. The van der Waals surface area contributed by atoms with Crippen LogP contribution < -0.4 is 5.32 Å². The Bertz CT molecular complexity index is 670. The molecule has 140 valence electrons. The van der Waals surface area contributed by atoms with Crippen LogP contribution in [0.4, 0.5) is 0 Å². The minimum Gasteiger partial charge on any atom is -0.481 e. The van der Waals surface area contributed by atoms with Gasteiger partial charge in [0.15, 0.2) is 0 Å². The molecule has 2 heterocycles. The van der Waals surface area contributed by atoms with Gasteiger partial charge in [-0.15, -0.1) is 0 Å². The van der Waals surface area contributed by atoms with Gasteiger partial charge >= 0.3 is 5.97 Å². The third-order valence-corrected chi connectivity index (χ3v) is 5.72. The fraction of sp³-hybridized carbons (Fsp3) is 0.684. The second-order valence-electron chi connectivity index (χ2n) is 7.94. The van der Waals surface area contributed by atoms with Crippen LogP contribution in [0.3, 0.4) is 0 Å². The zero-order valence-corrected chi connectivity index (χ0v) is 14.9.